The Bertz CT molecular complexity index is 772. The molecule has 4 nitrogen and oxygen atoms in total. The van der Waals surface area contributed by atoms with Crippen LogP contribution in [0.3, 0.4) is 0 Å². The second-order valence-electron chi connectivity index (χ2n) is 6.48. The summed E-state index contributed by atoms with van der Waals surface area (Å²) in [7, 11) is 0. The number of hydroxylamine groups is 2. The monoisotopic (exact) mass is 378 g/mol. The molecule has 1 unspecified atom stereocenters. The maximum atomic E-state index is 13.2. The number of hydrogen-bond acceptors (Lipinski definition) is 4. The van der Waals surface area contributed by atoms with Crippen LogP contribution < -0.4 is 0 Å². The predicted molar refractivity (Wildman–Crippen MR) is 94.6 cm³/mol. The Morgan fingerprint density at radius 2 is 1.59 bits per heavy atom. The Morgan fingerprint density at radius 1 is 0.963 bits per heavy atom. The lowest BCUT2D eigenvalue weighted by Crippen LogP contribution is -2.48. The summed E-state index contributed by atoms with van der Waals surface area (Å²) in [4.78, 5) is 18.3. The Labute approximate surface area is 156 Å². The van der Waals surface area contributed by atoms with Crippen molar-refractivity contribution in [3.8, 4) is 0 Å². The third-order valence-corrected chi connectivity index (χ3v) is 4.54. The summed E-state index contributed by atoms with van der Waals surface area (Å²) in [5, 5.41) is 1.59. The van der Waals surface area contributed by atoms with Crippen LogP contribution >= 0.6 is 0 Å². The molecule has 0 aliphatic carbocycles. The van der Waals surface area contributed by atoms with Crippen LogP contribution in [0.2, 0.25) is 0 Å². The smallest absolute Gasteiger partial charge is 0.368 e. The van der Waals surface area contributed by atoms with Crippen LogP contribution in [0.5, 0.6) is 0 Å². The van der Waals surface area contributed by atoms with E-state index >= 15 is 0 Å². The highest BCUT2D eigenvalue weighted by Gasteiger charge is 2.33. The topological polar surface area (TPSA) is 32.8 Å². The first-order valence-electron chi connectivity index (χ1n) is 8.74. The summed E-state index contributed by atoms with van der Waals surface area (Å²) in [6, 6.07) is 14.7. The molecule has 1 atom stereocenters. The lowest BCUT2D eigenvalue weighted by Gasteiger charge is -2.38. The molecule has 1 saturated heterocycles. The highest BCUT2D eigenvalue weighted by molar-refractivity contribution is 5.65. The van der Waals surface area contributed by atoms with Gasteiger partial charge in [-0.2, -0.15) is 13.2 Å². The summed E-state index contributed by atoms with van der Waals surface area (Å²) < 4.78 is 39.5. The first-order valence-corrected chi connectivity index (χ1v) is 8.74. The zero-order chi connectivity index (χ0) is 19.4. The number of benzene rings is 2. The van der Waals surface area contributed by atoms with Gasteiger partial charge in [-0.3, -0.25) is 9.69 Å². The van der Waals surface area contributed by atoms with E-state index in [2.05, 4.69) is 4.90 Å². The van der Waals surface area contributed by atoms with Crippen molar-refractivity contribution in [1.29, 1.82) is 0 Å². The van der Waals surface area contributed by atoms with Gasteiger partial charge in [0.15, 0.2) is 0 Å². The number of piperazine rings is 1. The normalized spacial score (nSPS) is 17.5. The molecular formula is C20H21F3N2O2. The number of halogens is 3. The molecule has 0 N–H and O–H groups in total. The third-order valence-electron chi connectivity index (χ3n) is 4.54. The molecule has 1 fully saturated rings. The van der Waals surface area contributed by atoms with Crippen molar-refractivity contribution in [3.05, 3.63) is 71.3 Å². The fourth-order valence-corrected chi connectivity index (χ4v) is 3.37. The van der Waals surface area contributed by atoms with Gasteiger partial charge < -0.3 is 4.84 Å². The van der Waals surface area contributed by atoms with Crippen LogP contribution in [0, 0.1) is 0 Å². The van der Waals surface area contributed by atoms with Gasteiger partial charge in [-0.15, -0.1) is 5.06 Å². The van der Waals surface area contributed by atoms with E-state index < -0.39 is 11.7 Å². The van der Waals surface area contributed by atoms with Crippen LogP contribution in [-0.4, -0.2) is 42.1 Å². The molecule has 0 saturated carbocycles. The first kappa shape index (κ1) is 19.4. The molecule has 27 heavy (non-hydrogen) atoms. The van der Waals surface area contributed by atoms with Gasteiger partial charge in [0, 0.05) is 33.1 Å². The minimum Gasteiger partial charge on any atom is -0.368 e. The zero-order valence-corrected chi connectivity index (χ0v) is 14.9. The maximum Gasteiger partial charge on any atom is 0.416 e. The molecule has 3 rings (SSSR count). The Balaban J connectivity index is 1.89. The molecule has 144 valence electrons. The van der Waals surface area contributed by atoms with Crippen molar-refractivity contribution >= 4 is 5.97 Å². The van der Waals surface area contributed by atoms with Crippen LogP contribution in [0.25, 0.3) is 0 Å². The van der Waals surface area contributed by atoms with Crippen molar-refractivity contribution in [1.82, 2.24) is 9.96 Å². The Morgan fingerprint density at radius 3 is 2.19 bits per heavy atom. The molecule has 1 aliphatic rings. The minimum atomic E-state index is -4.38. The lowest BCUT2D eigenvalue weighted by molar-refractivity contribution is -0.195. The molecular weight excluding hydrogens is 357 g/mol. The first-order chi connectivity index (χ1) is 12.8. The lowest BCUT2D eigenvalue weighted by atomic mass is 9.95. The van der Waals surface area contributed by atoms with Crippen molar-refractivity contribution in [2.45, 2.75) is 19.1 Å². The molecule has 7 heteroatoms. The van der Waals surface area contributed by atoms with Crippen molar-refractivity contribution < 1.29 is 22.8 Å². The van der Waals surface area contributed by atoms with Gasteiger partial charge in [-0.25, -0.2) is 0 Å². The van der Waals surface area contributed by atoms with Gasteiger partial charge in [-0.05, 0) is 23.3 Å². The van der Waals surface area contributed by atoms with Crippen molar-refractivity contribution in [2.75, 3.05) is 26.2 Å². The van der Waals surface area contributed by atoms with E-state index in [0.717, 1.165) is 11.6 Å². The fourth-order valence-electron chi connectivity index (χ4n) is 3.37. The average Bonchev–Trinajstić information content (AvgIpc) is 2.63. The number of nitrogens with zero attached hydrogens (tertiary/aromatic N) is 2. The Hall–Kier alpha value is -2.38. The van der Waals surface area contributed by atoms with Crippen LogP contribution in [-0.2, 0) is 15.8 Å². The molecule has 2 aromatic rings. The highest BCUT2D eigenvalue weighted by atomic mass is 19.4. The summed E-state index contributed by atoms with van der Waals surface area (Å²) in [5.41, 5.74) is 0.870. The van der Waals surface area contributed by atoms with E-state index in [1.807, 2.05) is 30.3 Å². The molecule has 0 spiro atoms. The van der Waals surface area contributed by atoms with Crippen molar-refractivity contribution in [2.24, 2.45) is 0 Å². The molecule has 0 bridgehead atoms. The van der Waals surface area contributed by atoms with Gasteiger partial charge in [0.05, 0.1) is 11.6 Å². The zero-order valence-electron chi connectivity index (χ0n) is 14.9. The average molecular weight is 378 g/mol. The summed E-state index contributed by atoms with van der Waals surface area (Å²) in [5.74, 6) is -0.374. The number of alkyl halides is 3. The van der Waals surface area contributed by atoms with E-state index in [4.69, 9.17) is 4.84 Å². The van der Waals surface area contributed by atoms with E-state index in [1.165, 1.54) is 19.1 Å². The van der Waals surface area contributed by atoms with Gasteiger partial charge in [0.25, 0.3) is 0 Å². The second kappa shape index (κ2) is 8.10. The third kappa shape index (κ3) is 4.87. The molecule has 1 aliphatic heterocycles. The van der Waals surface area contributed by atoms with Gasteiger partial charge >= 0.3 is 12.1 Å². The largest absolute Gasteiger partial charge is 0.416 e. The number of carbonyl (C=O) groups is 1. The number of rotatable bonds is 4. The predicted octanol–water partition coefficient (Wildman–Crippen LogP) is 3.89. The van der Waals surface area contributed by atoms with Gasteiger partial charge in [-0.1, -0.05) is 42.5 Å². The van der Waals surface area contributed by atoms with Gasteiger partial charge in [0.2, 0.25) is 0 Å². The molecule has 2 aromatic carbocycles. The second-order valence-corrected chi connectivity index (χ2v) is 6.48. The standard InChI is InChI=1S/C20H21F3N2O2/c1-15(26)27-25-12-10-24(11-13-25)19(16-6-3-2-4-7-16)17-8-5-9-18(14-17)20(21,22)23/h2-9,14,19H,10-13H2,1H3. The van der Waals surface area contributed by atoms with Crippen LogP contribution in [0.4, 0.5) is 13.2 Å². The van der Waals surface area contributed by atoms with E-state index in [-0.39, 0.29) is 12.0 Å². The maximum absolute atomic E-state index is 13.2. The number of carbonyl (C=O) groups excluding carboxylic acids is 1. The minimum absolute atomic E-state index is 0.298. The molecule has 1 heterocycles. The SMILES string of the molecule is CC(=O)ON1CCN(C(c2ccccc2)c2cccc(C(F)(F)F)c2)CC1. The Kier molecular flexibility index (Phi) is 5.82. The summed E-state index contributed by atoms with van der Waals surface area (Å²) in [6.07, 6.45) is -4.38. The summed E-state index contributed by atoms with van der Waals surface area (Å²) in [6.45, 7) is 3.50. The number of hydrogen-bond donors (Lipinski definition) is 0. The summed E-state index contributed by atoms with van der Waals surface area (Å²) >= 11 is 0. The van der Waals surface area contributed by atoms with E-state index in [1.54, 1.807) is 11.1 Å². The molecule has 0 amide bonds. The van der Waals surface area contributed by atoms with Crippen LogP contribution in [0.1, 0.15) is 29.7 Å². The fraction of sp³-hybridized carbons (Fsp3) is 0.350. The highest BCUT2D eigenvalue weighted by Crippen LogP contribution is 2.34. The molecule has 0 aromatic heterocycles. The van der Waals surface area contributed by atoms with Crippen molar-refractivity contribution in [3.63, 3.8) is 0 Å². The van der Waals surface area contributed by atoms with Crippen LogP contribution in [0.15, 0.2) is 54.6 Å². The van der Waals surface area contributed by atoms with E-state index in [0.29, 0.717) is 31.7 Å². The van der Waals surface area contributed by atoms with Gasteiger partial charge in [0.1, 0.15) is 0 Å². The quantitative estimate of drug-likeness (QED) is 0.808. The molecule has 0 radical (unpaired) electrons. The van der Waals surface area contributed by atoms with E-state index in [9.17, 15) is 18.0 Å².